The second-order valence-electron chi connectivity index (χ2n) is 3.94. The van der Waals surface area contributed by atoms with Gasteiger partial charge in [0.25, 0.3) is 5.91 Å². The number of carboxylic acid groups (broad SMARTS) is 1. The van der Waals surface area contributed by atoms with Gasteiger partial charge in [0, 0.05) is 10.0 Å². The molecular formula is C14H8Cl2NO4-. The van der Waals surface area contributed by atoms with Crippen molar-refractivity contribution in [2.75, 3.05) is 0 Å². The van der Waals surface area contributed by atoms with E-state index in [0.717, 1.165) is 0 Å². The fourth-order valence-electron chi connectivity index (χ4n) is 1.51. The molecule has 5 nitrogen and oxygen atoms in total. The van der Waals surface area contributed by atoms with E-state index in [0.29, 0.717) is 10.6 Å². The first kappa shape index (κ1) is 15.2. The Kier molecular flexibility index (Phi) is 4.67. The molecule has 0 radical (unpaired) electrons. The highest BCUT2D eigenvalue weighted by molar-refractivity contribution is 6.35. The van der Waals surface area contributed by atoms with Crippen molar-refractivity contribution in [2.45, 2.75) is 0 Å². The molecule has 1 aromatic heterocycles. The molecule has 0 unspecified atom stereocenters. The fraction of sp³-hybridized carbons (Fsp3) is 0. The highest BCUT2D eigenvalue weighted by Gasteiger charge is 2.11. The van der Waals surface area contributed by atoms with Gasteiger partial charge in [-0.3, -0.25) is 4.79 Å². The van der Waals surface area contributed by atoms with Gasteiger partial charge in [0.1, 0.15) is 0 Å². The first-order chi connectivity index (χ1) is 9.97. The number of amides is 1. The molecule has 108 valence electrons. The third-order valence-electron chi connectivity index (χ3n) is 2.48. The minimum atomic E-state index is -1.55. The number of aliphatic carboxylic acids is 1. The standard InChI is InChI=1S/C14H9Cl2NO4/c15-9-4-3-8(10(16)7-9)6-11(14(19)20)17-13(18)12-2-1-5-21-12/h1-7H,(H,17,18)(H,19,20)/p-1/b11-6-. The molecule has 2 rings (SSSR count). The molecule has 0 saturated heterocycles. The Morgan fingerprint density at radius 2 is 2.00 bits per heavy atom. The van der Waals surface area contributed by atoms with Crippen molar-refractivity contribution in [3.8, 4) is 0 Å². The number of carbonyl (C=O) groups excluding carboxylic acids is 2. The van der Waals surface area contributed by atoms with E-state index in [1.165, 1.54) is 36.6 Å². The summed E-state index contributed by atoms with van der Waals surface area (Å²) in [5.41, 5.74) is -0.0689. The minimum Gasteiger partial charge on any atom is -0.543 e. The van der Waals surface area contributed by atoms with Crippen molar-refractivity contribution in [2.24, 2.45) is 0 Å². The number of benzene rings is 1. The summed E-state index contributed by atoms with van der Waals surface area (Å²) >= 11 is 11.7. The van der Waals surface area contributed by atoms with E-state index in [1.807, 2.05) is 0 Å². The van der Waals surface area contributed by atoms with Gasteiger partial charge in [-0.1, -0.05) is 29.3 Å². The largest absolute Gasteiger partial charge is 0.543 e. The average molecular weight is 325 g/mol. The predicted octanol–water partition coefficient (Wildman–Crippen LogP) is 2.11. The van der Waals surface area contributed by atoms with Gasteiger partial charge in [-0.2, -0.15) is 0 Å². The zero-order chi connectivity index (χ0) is 15.4. The Balaban J connectivity index is 2.28. The van der Waals surface area contributed by atoms with Crippen LogP contribution in [0.5, 0.6) is 0 Å². The van der Waals surface area contributed by atoms with Crippen molar-refractivity contribution in [1.82, 2.24) is 5.32 Å². The maximum atomic E-state index is 11.8. The van der Waals surface area contributed by atoms with Crippen LogP contribution in [0, 0.1) is 0 Å². The summed E-state index contributed by atoms with van der Waals surface area (Å²) in [6.45, 7) is 0. The molecule has 21 heavy (non-hydrogen) atoms. The normalized spacial score (nSPS) is 11.2. The third kappa shape index (κ3) is 3.87. The van der Waals surface area contributed by atoms with Crippen LogP contribution in [0.15, 0.2) is 46.7 Å². The third-order valence-corrected chi connectivity index (χ3v) is 3.04. The lowest BCUT2D eigenvalue weighted by molar-refractivity contribution is -0.299. The zero-order valence-electron chi connectivity index (χ0n) is 10.4. The van der Waals surface area contributed by atoms with E-state index >= 15 is 0 Å². The van der Waals surface area contributed by atoms with Gasteiger partial charge in [-0.25, -0.2) is 0 Å². The van der Waals surface area contributed by atoms with Crippen molar-refractivity contribution in [3.05, 3.63) is 63.7 Å². The molecule has 1 aromatic carbocycles. The minimum absolute atomic E-state index is 0.0237. The average Bonchev–Trinajstić information content (AvgIpc) is 2.94. The van der Waals surface area contributed by atoms with Crippen LogP contribution in [0.3, 0.4) is 0 Å². The van der Waals surface area contributed by atoms with Gasteiger partial charge >= 0.3 is 0 Å². The molecule has 0 bridgehead atoms. The fourth-order valence-corrected chi connectivity index (χ4v) is 1.97. The van der Waals surface area contributed by atoms with Crippen LogP contribution in [0.1, 0.15) is 16.1 Å². The first-order valence-electron chi connectivity index (χ1n) is 5.70. The quantitative estimate of drug-likeness (QED) is 0.873. The van der Waals surface area contributed by atoms with E-state index in [2.05, 4.69) is 5.32 Å². The van der Waals surface area contributed by atoms with Gasteiger partial charge in [0.05, 0.1) is 17.9 Å². The summed E-state index contributed by atoms with van der Waals surface area (Å²) < 4.78 is 4.87. The lowest BCUT2D eigenvalue weighted by atomic mass is 10.2. The lowest BCUT2D eigenvalue weighted by Gasteiger charge is -2.10. The van der Waals surface area contributed by atoms with Crippen molar-refractivity contribution >= 4 is 41.2 Å². The summed E-state index contributed by atoms with van der Waals surface area (Å²) in [5.74, 6) is -2.29. The smallest absolute Gasteiger partial charge is 0.291 e. The molecule has 0 aliphatic carbocycles. The number of carbonyl (C=O) groups is 2. The molecule has 1 heterocycles. The van der Waals surface area contributed by atoms with Crippen molar-refractivity contribution < 1.29 is 19.1 Å². The summed E-state index contributed by atoms with van der Waals surface area (Å²) in [7, 11) is 0. The molecule has 1 N–H and O–H groups in total. The molecule has 1 amide bonds. The van der Waals surface area contributed by atoms with Crippen LogP contribution in [-0.2, 0) is 4.79 Å². The molecule has 0 atom stereocenters. The maximum Gasteiger partial charge on any atom is 0.291 e. The van der Waals surface area contributed by atoms with E-state index in [9.17, 15) is 14.7 Å². The number of hydrogen-bond acceptors (Lipinski definition) is 4. The number of nitrogens with one attached hydrogen (secondary N) is 1. The topological polar surface area (TPSA) is 82.4 Å². The lowest BCUT2D eigenvalue weighted by Crippen LogP contribution is -2.35. The Bertz CT molecular complexity index is 708. The van der Waals surface area contributed by atoms with Gasteiger partial charge in [0.15, 0.2) is 5.76 Å². The summed E-state index contributed by atoms with van der Waals surface area (Å²) in [4.78, 5) is 22.9. The van der Waals surface area contributed by atoms with E-state index in [4.69, 9.17) is 27.6 Å². The second-order valence-corrected chi connectivity index (χ2v) is 4.79. The van der Waals surface area contributed by atoms with Crippen LogP contribution < -0.4 is 10.4 Å². The molecule has 0 saturated carbocycles. The van der Waals surface area contributed by atoms with Crippen LogP contribution in [-0.4, -0.2) is 11.9 Å². The van der Waals surface area contributed by atoms with Crippen LogP contribution in [0.4, 0.5) is 0 Å². The Hall–Kier alpha value is -2.24. The summed E-state index contributed by atoms with van der Waals surface area (Å²) in [6.07, 6.45) is 2.47. The van der Waals surface area contributed by atoms with Crippen LogP contribution in [0.2, 0.25) is 10.0 Å². The van der Waals surface area contributed by atoms with Gasteiger partial charge in [-0.05, 0) is 35.9 Å². The van der Waals surface area contributed by atoms with Gasteiger partial charge < -0.3 is 19.6 Å². The van der Waals surface area contributed by atoms with Crippen molar-refractivity contribution in [3.63, 3.8) is 0 Å². The maximum absolute atomic E-state index is 11.8. The monoisotopic (exact) mass is 324 g/mol. The number of furan rings is 1. The molecular weight excluding hydrogens is 317 g/mol. The second kappa shape index (κ2) is 6.47. The van der Waals surface area contributed by atoms with Crippen LogP contribution in [0.25, 0.3) is 6.08 Å². The Morgan fingerprint density at radius 3 is 2.57 bits per heavy atom. The Labute approximate surface area is 129 Å². The van der Waals surface area contributed by atoms with Crippen LogP contribution >= 0.6 is 23.2 Å². The number of halogens is 2. The zero-order valence-corrected chi connectivity index (χ0v) is 11.9. The number of rotatable bonds is 4. The summed E-state index contributed by atoms with van der Waals surface area (Å²) in [5, 5.41) is 13.9. The molecule has 2 aromatic rings. The van der Waals surface area contributed by atoms with E-state index < -0.39 is 17.6 Å². The van der Waals surface area contributed by atoms with Crippen molar-refractivity contribution in [1.29, 1.82) is 0 Å². The first-order valence-corrected chi connectivity index (χ1v) is 6.46. The molecule has 7 heteroatoms. The predicted molar refractivity (Wildman–Crippen MR) is 75.6 cm³/mol. The molecule has 0 fully saturated rings. The number of hydrogen-bond donors (Lipinski definition) is 1. The molecule has 0 aliphatic rings. The van der Waals surface area contributed by atoms with E-state index in [1.54, 1.807) is 6.07 Å². The Morgan fingerprint density at radius 1 is 1.24 bits per heavy atom. The SMILES string of the molecule is O=C([O-])/C(=C/c1ccc(Cl)cc1Cl)NC(=O)c1ccco1. The number of carboxylic acids is 1. The highest BCUT2D eigenvalue weighted by Crippen LogP contribution is 2.22. The summed E-state index contributed by atoms with van der Waals surface area (Å²) in [6, 6.07) is 7.42. The molecule has 0 aliphatic heterocycles. The van der Waals surface area contributed by atoms with Gasteiger partial charge in [0.2, 0.25) is 0 Å². The van der Waals surface area contributed by atoms with Gasteiger partial charge in [-0.15, -0.1) is 0 Å². The molecule has 0 spiro atoms. The highest BCUT2D eigenvalue weighted by atomic mass is 35.5. The van der Waals surface area contributed by atoms with E-state index in [-0.39, 0.29) is 10.8 Å².